The average molecular weight is 253 g/mol. The van der Waals surface area contributed by atoms with Crippen molar-refractivity contribution >= 4 is 11.6 Å². The molecule has 0 fully saturated rings. The first-order valence-corrected chi connectivity index (χ1v) is 6.16. The lowest BCUT2D eigenvalue weighted by Gasteiger charge is -2.27. The van der Waals surface area contributed by atoms with E-state index in [2.05, 4.69) is 20.7 Å². The maximum Gasteiger partial charge on any atom is 0.148 e. The molecule has 0 aromatic carbocycles. The number of rotatable bonds is 6. The third kappa shape index (κ3) is 3.54. The molecular weight excluding hydrogens is 230 g/mol. The Hall–Kier alpha value is -1.40. The molecule has 6 heteroatoms. The van der Waals surface area contributed by atoms with Crippen LogP contribution in [0.1, 0.15) is 38.6 Å². The van der Waals surface area contributed by atoms with E-state index in [-0.39, 0.29) is 12.1 Å². The molecule has 1 heterocycles. The van der Waals surface area contributed by atoms with Gasteiger partial charge in [-0.25, -0.2) is 15.8 Å². The molecule has 0 amide bonds. The van der Waals surface area contributed by atoms with E-state index in [1.165, 1.54) is 0 Å². The highest BCUT2D eigenvalue weighted by Crippen LogP contribution is 2.23. The van der Waals surface area contributed by atoms with E-state index >= 15 is 0 Å². The van der Waals surface area contributed by atoms with E-state index in [0.29, 0.717) is 12.2 Å². The summed E-state index contributed by atoms with van der Waals surface area (Å²) in [7, 11) is 0. The first-order valence-electron chi connectivity index (χ1n) is 6.16. The molecular formula is C12H23N5O. The highest BCUT2D eigenvalue weighted by atomic mass is 16.3. The van der Waals surface area contributed by atoms with Gasteiger partial charge in [-0.05, 0) is 27.2 Å². The smallest absolute Gasteiger partial charge is 0.148 e. The molecule has 0 spiro atoms. The number of nitrogens with two attached hydrogens (primary N) is 1. The van der Waals surface area contributed by atoms with Crippen molar-refractivity contribution < 1.29 is 5.11 Å². The fourth-order valence-corrected chi connectivity index (χ4v) is 1.65. The van der Waals surface area contributed by atoms with Crippen LogP contribution in [-0.2, 0) is 6.42 Å². The van der Waals surface area contributed by atoms with E-state index in [9.17, 15) is 0 Å². The molecule has 0 radical (unpaired) electrons. The minimum absolute atomic E-state index is 0.132. The zero-order valence-corrected chi connectivity index (χ0v) is 11.5. The SMILES string of the molecule is CCc1nc(NN)c(C)c(NC(C)(C)CCO)n1. The number of anilines is 2. The van der Waals surface area contributed by atoms with Crippen LogP contribution >= 0.6 is 0 Å². The number of nitrogens with one attached hydrogen (secondary N) is 2. The lowest BCUT2D eigenvalue weighted by Crippen LogP contribution is -2.33. The van der Waals surface area contributed by atoms with Crippen LogP contribution < -0.4 is 16.6 Å². The predicted molar refractivity (Wildman–Crippen MR) is 73.4 cm³/mol. The van der Waals surface area contributed by atoms with Gasteiger partial charge >= 0.3 is 0 Å². The molecule has 0 unspecified atom stereocenters. The van der Waals surface area contributed by atoms with Crippen LogP contribution in [0.25, 0.3) is 0 Å². The number of nitrogens with zero attached hydrogens (tertiary/aromatic N) is 2. The van der Waals surface area contributed by atoms with Gasteiger partial charge in [-0.1, -0.05) is 6.92 Å². The Kier molecular flexibility index (Phi) is 4.86. The fraction of sp³-hybridized carbons (Fsp3) is 0.667. The average Bonchev–Trinajstić information content (AvgIpc) is 2.31. The molecule has 1 aromatic rings. The van der Waals surface area contributed by atoms with Gasteiger partial charge in [0.1, 0.15) is 17.5 Å². The van der Waals surface area contributed by atoms with Gasteiger partial charge in [0.25, 0.3) is 0 Å². The van der Waals surface area contributed by atoms with Crippen LogP contribution in [0.4, 0.5) is 11.6 Å². The fourth-order valence-electron chi connectivity index (χ4n) is 1.65. The van der Waals surface area contributed by atoms with Crippen LogP contribution in [0, 0.1) is 6.92 Å². The third-order valence-electron chi connectivity index (χ3n) is 2.84. The van der Waals surface area contributed by atoms with Gasteiger partial charge in [0.2, 0.25) is 0 Å². The van der Waals surface area contributed by atoms with Crippen molar-refractivity contribution in [2.45, 2.75) is 46.1 Å². The number of hydrogen-bond donors (Lipinski definition) is 4. The number of hydrazine groups is 1. The lowest BCUT2D eigenvalue weighted by molar-refractivity contribution is 0.260. The monoisotopic (exact) mass is 253 g/mol. The summed E-state index contributed by atoms with van der Waals surface area (Å²) in [6.07, 6.45) is 1.38. The Morgan fingerprint density at radius 1 is 1.28 bits per heavy atom. The zero-order valence-electron chi connectivity index (χ0n) is 11.5. The molecule has 0 aliphatic rings. The highest BCUT2D eigenvalue weighted by molar-refractivity contribution is 5.57. The number of hydrogen-bond acceptors (Lipinski definition) is 6. The quantitative estimate of drug-likeness (QED) is 0.449. The topological polar surface area (TPSA) is 96.1 Å². The van der Waals surface area contributed by atoms with Crippen LogP contribution in [-0.4, -0.2) is 27.2 Å². The Balaban J connectivity index is 3.07. The molecule has 18 heavy (non-hydrogen) atoms. The molecule has 0 aliphatic heterocycles. The molecule has 0 aliphatic carbocycles. The molecule has 1 aromatic heterocycles. The van der Waals surface area contributed by atoms with E-state index in [4.69, 9.17) is 10.9 Å². The molecule has 1 rings (SSSR count). The second-order valence-electron chi connectivity index (χ2n) is 4.94. The maximum absolute atomic E-state index is 9.05. The predicted octanol–water partition coefficient (Wildman–Crippen LogP) is 1.21. The van der Waals surface area contributed by atoms with Gasteiger partial charge in [0.05, 0.1) is 0 Å². The van der Waals surface area contributed by atoms with Crippen molar-refractivity contribution in [3.8, 4) is 0 Å². The minimum atomic E-state index is -0.231. The van der Waals surface area contributed by atoms with Crippen molar-refractivity contribution in [2.24, 2.45) is 5.84 Å². The summed E-state index contributed by atoms with van der Waals surface area (Å²) in [6, 6.07) is 0. The standard InChI is InChI=1S/C12H23N5O/c1-5-9-14-10(8(2)11(15-9)17-13)16-12(3,4)6-7-18/h18H,5-7,13H2,1-4H3,(H2,14,15,16,17). The van der Waals surface area contributed by atoms with Crippen molar-refractivity contribution in [3.63, 3.8) is 0 Å². The van der Waals surface area contributed by atoms with Gasteiger partial charge in [-0.3, -0.25) is 0 Å². The van der Waals surface area contributed by atoms with Crippen LogP contribution in [0.2, 0.25) is 0 Å². The van der Waals surface area contributed by atoms with E-state index in [1.54, 1.807) is 0 Å². The van der Waals surface area contributed by atoms with Crippen LogP contribution in [0.3, 0.4) is 0 Å². The second kappa shape index (κ2) is 5.97. The number of nitrogen functional groups attached to an aromatic ring is 1. The second-order valence-corrected chi connectivity index (χ2v) is 4.94. The molecule has 0 saturated heterocycles. The summed E-state index contributed by atoms with van der Waals surface area (Å²) in [5, 5.41) is 12.4. The highest BCUT2D eigenvalue weighted by Gasteiger charge is 2.20. The number of aliphatic hydroxyl groups excluding tert-OH is 1. The summed E-state index contributed by atoms with van der Waals surface area (Å²) in [5.41, 5.74) is 3.23. The summed E-state index contributed by atoms with van der Waals surface area (Å²) in [5.74, 6) is 7.58. The molecule has 0 bridgehead atoms. The number of aryl methyl sites for hydroxylation is 1. The zero-order chi connectivity index (χ0) is 13.8. The van der Waals surface area contributed by atoms with Crippen molar-refractivity contribution in [1.82, 2.24) is 9.97 Å². The maximum atomic E-state index is 9.05. The van der Waals surface area contributed by atoms with Gasteiger partial charge in [-0.15, -0.1) is 0 Å². The molecule has 0 atom stereocenters. The molecule has 102 valence electrons. The van der Waals surface area contributed by atoms with E-state index < -0.39 is 0 Å². The Morgan fingerprint density at radius 2 is 1.89 bits per heavy atom. The van der Waals surface area contributed by atoms with Gasteiger partial charge < -0.3 is 15.8 Å². The first-order chi connectivity index (χ1) is 8.43. The van der Waals surface area contributed by atoms with Crippen molar-refractivity contribution in [3.05, 3.63) is 11.4 Å². The Morgan fingerprint density at radius 3 is 2.39 bits per heavy atom. The normalized spacial score (nSPS) is 11.4. The summed E-state index contributed by atoms with van der Waals surface area (Å²) >= 11 is 0. The number of aromatic nitrogens is 2. The number of aliphatic hydroxyl groups is 1. The summed E-state index contributed by atoms with van der Waals surface area (Å²) in [6.45, 7) is 8.07. The molecule has 6 nitrogen and oxygen atoms in total. The Labute approximate surface area is 108 Å². The van der Waals surface area contributed by atoms with Crippen molar-refractivity contribution in [2.75, 3.05) is 17.3 Å². The van der Waals surface area contributed by atoms with Crippen molar-refractivity contribution in [1.29, 1.82) is 0 Å². The summed E-state index contributed by atoms with van der Waals surface area (Å²) in [4.78, 5) is 8.78. The van der Waals surface area contributed by atoms with Crippen LogP contribution in [0.5, 0.6) is 0 Å². The molecule has 0 saturated carbocycles. The molecule has 5 N–H and O–H groups in total. The Bertz CT molecular complexity index is 406. The van der Waals surface area contributed by atoms with E-state index in [0.717, 1.165) is 23.6 Å². The minimum Gasteiger partial charge on any atom is -0.396 e. The van der Waals surface area contributed by atoms with Crippen LogP contribution in [0.15, 0.2) is 0 Å². The first kappa shape index (κ1) is 14.7. The third-order valence-corrected chi connectivity index (χ3v) is 2.84. The lowest BCUT2D eigenvalue weighted by atomic mass is 10.0. The summed E-state index contributed by atoms with van der Waals surface area (Å²) < 4.78 is 0. The van der Waals surface area contributed by atoms with Gasteiger partial charge in [0, 0.05) is 24.1 Å². The van der Waals surface area contributed by atoms with Gasteiger partial charge in [0.15, 0.2) is 0 Å². The van der Waals surface area contributed by atoms with Gasteiger partial charge in [-0.2, -0.15) is 0 Å². The largest absolute Gasteiger partial charge is 0.396 e. The van der Waals surface area contributed by atoms with E-state index in [1.807, 2.05) is 27.7 Å².